The lowest BCUT2D eigenvalue weighted by molar-refractivity contribution is 0.624. The molecule has 0 bridgehead atoms. The summed E-state index contributed by atoms with van der Waals surface area (Å²) in [5.74, 6) is -0.372. The number of aromatic nitrogens is 1. The molecule has 3 heteroatoms. The van der Waals surface area contributed by atoms with Gasteiger partial charge in [0.15, 0.2) is 0 Å². The summed E-state index contributed by atoms with van der Waals surface area (Å²) in [5.41, 5.74) is 1.54. The molecular weight excluding hydrogens is 179 g/mol. The van der Waals surface area contributed by atoms with Crippen LogP contribution in [-0.2, 0) is 6.42 Å². The second kappa shape index (κ2) is 3.43. The van der Waals surface area contributed by atoms with Gasteiger partial charge in [-0.2, -0.15) is 5.26 Å². The Bertz CT molecular complexity index is 514. The normalized spacial score (nSPS) is 10.0. The number of fused-ring (bicyclic) bond motifs is 1. The third-order valence-electron chi connectivity index (χ3n) is 2.05. The zero-order valence-electron chi connectivity index (χ0n) is 7.37. The number of nitriles is 1. The van der Waals surface area contributed by atoms with Crippen LogP contribution >= 0.6 is 0 Å². The van der Waals surface area contributed by atoms with Crippen molar-refractivity contribution in [2.75, 3.05) is 0 Å². The van der Waals surface area contributed by atoms with E-state index in [2.05, 4.69) is 4.98 Å². The summed E-state index contributed by atoms with van der Waals surface area (Å²) < 4.78 is 12.9. The Balaban J connectivity index is 2.72. The molecule has 0 aliphatic carbocycles. The maximum Gasteiger partial charge on any atom is 0.142 e. The highest BCUT2D eigenvalue weighted by atomic mass is 19.1. The molecule has 68 valence electrons. The molecule has 0 amide bonds. The van der Waals surface area contributed by atoms with Gasteiger partial charge in [-0.3, -0.25) is 4.98 Å². The predicted molar refractivity (Wildman–Crippen MR) is 51.0 cm³/mol. The van der Waals surface area contributed by atoms with Gasteiger partial charge in [-0.05, 0) is 17.7 Å². The molecule has 0 N–H and O–H groups in total. The molecule has 0 aliphatic heterocycles. The molecule has 2 nitrogen and oxygen atoms in total. The molecule has 0 saturated heterocycles. The van der Waals surface area contributed by atoms with Crippen molar-refractivity contribution in [2.24, 2.45) is 0 Å². The van der Waals surface area contributed by atoms with Gasteiger partial charge in [0.1, 0.15) is 5.82 Å². The Morgan fingerprint density at radius 1 is 1.43 bits per heavy atom. The fraction of sp³-hybridized carbons (Fsp3) is 0.0909. The third kappa shape index (κ3) is 1.42. The van der Waals surface area contributed by atoms with Gasteiger partial charge in [0.05, 0.1) is 24.2 Å². The van der Waals surface area contributed by atoms with Crippen LogP contribution in [0.25, 0.3) is 10.9 Å². The number of pyridine rings is 1. The van der Waals surface area contributed by atoms with E-state index < -0.39 is 0 Å². The average Bonchev–Trinajstić information content (AvgIpc) is 2.19. The average molecular weight is 186 g/mol. The maximum atomic E-state index is 12.9. The van der Waals surface area contributed by atoms with Crippen LogP contribution in [-0.4, -0.2) is 4.98 Å². The third-order valence-corrected chi connectivity index (χ3v) is 2.05. The minimum atomic E-state index is -0.372. The van der Waals surface area contributed by atoms with Crippen LogP contribution in [0.5, 0.6) is 0 Å². The summed E-state index contributed by atoms with van der Waals surface area (Å²) in [6.07, 6.45) is 1.46. The second-order valence-electron chi connectivity index (χ2n) is 2.97. The van der Waals surface area contributed by atoms with Gasteiger partial charge in [-0.1, -0.05) is 12.1 Å². The van der Waals surface area contributed by atoms with Gasteiger partial charge in [0.2, 0.25) is 0 Å². The zero-order chi connectivity index (χ0) is 9.97. The highest BCUT2D eigenvalue weighted by molar-refractivity contribution is 5.82. The zero-order valence-corrected chi connectivity index (χ0v) is 7.37. The van der Waals surface area contributed by atoms with Gasteiger partial charge in [-0.25, -0.2) is 4.39 Å². The Hall–Kier alpha value is -1.95. The molecule has 1 heterocycles. The van der Waals surface area contributed by atoms with Crippen molar-refractivity contribution in [1.29, 1.82) is 5.26 Å². The molecule has 0 aliphatic rings. The number of hydrogen-bond acceptors (Lipinski definition) is 2. The topological polar surface area (TPSA) is 36.7 Å². The first kappa shape index (κ1) is 8.64. The minimum absolute atomic E-state index is 0.280. The number of nitrogens with zero attached hydrogens (tertiary/aromatic N) is 2. The van der Waals surface area contributed by atoms with Crippen molar-refractivity contribution < 1.29 is 4.39 Å². The SMILES string of the molecule is N#CCc1cccc2ncc(F)cc12. The summed E-state index contributed by atoms with van der Waals surface area (Å²) in [4.78, 5) is 3.94. The quantitative estimate of drug-likeness (QED) is 0.685. The van der Waals surface area contributed by atoms with E-state index in [0.717, 1.165) is 11.1 Å². The van der Waals surface area contributed by atoms with Gasteiger partial charge >= 0.3 is 0 Å². The van der Waals surface area contributed by atoms with Crippen LogP contribution < -0.4 is 0 Å². The summed E-state index contributed by atoms with van der Waals surface area (Å²) in [5, 5.41) is 9.30. The van der Waals surface area contributed by atoms with Crippen LogP contribution in [0.2, 0.25) is 0 Å². The second-order valence-corrected chi connectivity index (χ2v) is 2.97. The molecule has 2 rings (SSSR count). The van der Waals surface area contributed by atoms with Gasteiger partial charge < -0.3 is 0 Å². The Labute approximate surface area is 80.6 Å². The van der Waals surface area contributed by atoms with E-state index >= 15 is 0 Å². The number of halogens is 1. The molecule has 1 aromatic carbocycles. The van der Waals surface area contributed by atoms with Crippen LogP contribution in [0.4, 0.5) is 4.39 Å². The largest absolute Gasteiger partial charge is 0.253 e. The number of hydrogen-bond donors (Lipinski definition) is 0. The summed E-state index contributed by atoms with van der Waals surface area (Å²) in [6.45, 7) is 0. The monoisotopic (exact) mass is 186 g/mol. The lowest BCUT2D eigenvalue weighted by Gasteiger charge is -2.01. The Kier molecular flexibility index (Phi) is 2.11. The van der Waals surface area contributed by atoms with Crippen molar-refractivity contribution >= 4 is 10.9 Å². The lowest BCUT2D eigenvalue weighted by atomic mass is 10.1. The first-order chi connectivity index (χ1) is 6.81. The van der Waals surface area contributed by atoms with Gasteiger partial charge in [-0.15, -0.1) is 0 Å². The smallest absolute Gasteiger partial charge is 0.142 e. The van der Waals surface area contributed by atoms with E-state index in [1.54, 1.807) is 6.07 Å². The lowest BCUT2D eigenvalue weighted by Crippen LogP contribution is -1.88. The van der Waals surface area contributed by atoms with E-state index in [4.69, 9.17) is 5.26 Å². The summed E-state index contributed by atoms with van der Waals surface area (Å²) in [7, 11) is 0. The van der Waals surface area contributed by atoms with E-state index in [9.17, 15) is 4.39 Å². The molecule has 0 radical (unpaired) electrons. The molecular formula is C11H7FN2. The van der Waals surface area contributed by atoms with Crippen LogP contribution in [0.1, 0.15) is 5.56 Å². The Morgan fingerprint density at radius 3 is 3.07 bits per heavy atom. The molecule has 1 aromatic heterocycles. The van der Waals surface area contributed by atoms with Crippen molar-refractivity contribution in [2.45, 2.75) is 6.42 Å². The molecule has 0 atom stereocenters. The minimum Gasteiger partial charge on any atom is -0.253 e. The standard InChI is InChI=1S/C11H7FN2/c12-9-6-10-8(4-5-13)2-1-3-11(10)14-7-9/h1-3,6-7H,4H2. The fourth-order valence-electron chi connectivity index (χ4n) is 1.42. The molecule has 0 saturated carbocycles. The van der Waals surface area contributed by atoms with Crippen LogP contribution in [0.3, 0.4) is 0 Å². The van der Waals surface area contributed by atoms with E-state index in [1.807, 2.05) is 18.2 Å². The molecule has 0 spiro atoms. The first-order valence-electron chi connectivity index (χ1n) is 4.21. The maximum absolute atomic E-state index is 12.9. The first-order valence-corrected chi connectivity index (χ1v) is 4.21. The van der Waals surface area contributed by atoms with E-state index in [-0.39, 0.29) is 12.2 Å². The highest BCUT2D eigenvalue weighted by Crippen LogP contribution is 2.17. The number of rotatable bonds is 1. The van der Waals surface area contributed by atoms with E-state index in [0.29, 0.717) is 5.39 Å². The fourth-order valence-corrected chi connectivity index (χ4v) is 1.42. The molecule has 0 fully saturated rings. The summed E-state index contributed by atoms with van der Waals surface area (Å²) in [6, 6.07) is 8.89. The predicted octanol–water partition coefficient (Wildman–Crippen LogP) is 2.44. The molecule has 2 aromatic rings. The molecule has 0 unspecified atom stereocenters. The van der Waals surface area contributed by atoms with Crippen molar-refractivity contribution in [3.05, 3.63) is 41.8 Å². The van der Waals surface area contributed by atoms with Gasteiger partial charge in [0, 0.05) is 5.39 Å². The number of benzene rings is 1. The van der Waals surface area contributed by atoms with E-state index in [1.165, 1.54) is 12.3 Å². The molecule has 14 heavy (non-hydrogen) atoms. The Morgan fingerprint density at radius 2 is 2.29 bits per heavy atom. The van der Waals surface area contributed by atoms with Crippen molar-refractivity contribution in [1.82, 2.24) is 4.98 Å². The van der Waals surface area contributed by atoms with Crippen LogP contribution in [0.15, 0.2) is 30.5 Å². The van der Waals surface area contributed by atoms with Gasteiger partial charge in [0.25, 0.3) is 0 Å². The van der Waals surface area contributed by atoms with Crippen molar-refractivity contribution in [3.63, 3.8) is 0 Å². The summed E-state index contributed by atoms with van der Waals surface area (Å²) >= 11 is 0. The highest BCUT2D eigenvalue weighted by Gasteiger charge is 2.02. The van der Waals surface area contributed by atoms with Crippen LogP contribution in [0, 0.1) is 17.1 Å². The van der Waals surface area contributed by atoms with Crippen molar-refractivity contribution in [3.8, 4) is 6.07 Å².